The number of rotatable bonds is 6. The second-order valence-corrected chi connectivity index (χ2v) is 4.04. The highest BCUT2D eigenvalue weighted by molar-refractivity contribution is 6.31. The molecule has 0 aromatic heterocycles. The highest BCUT2D eigenvalue weighted by atomic mass is 35.5. The molecule has 0 fully saturated rings. The Labute approximate surface area is 115 Å². The molecule has 1 aromatic rings. The molecular formula is C10H9ClF4N2O3. The predicted octanol–water partition coefficient (Wildman–Crippen LogP) is 3.38. The fourth-order valence-electron chi connectivity index (χ4n) is 1.27. The first kappa shape index (κ1) is 16.4. The molecule has 5 nitrogen and oxygen atoms in total. The van der Waals surface area contributed by atoms with E-state index in [0.717, 1.165) is 12.1 Å². The van der Waals surface area contributed by atoms with Crippen molar-refractivity contribution in [1.82, 2.24) is 0 Å². The molecule has 1 rings (SSSR count). The highest BCUT2D eigenvalue weighted by Gasteiger charge is 2.27. The summed E-state index contributed by atoms with van der Waals surface area (Å²) in [4.78, 5) is 9.92. The molecule has 10 heteroatoms. The monoisotopic (exact) mass is 316 g/mol. The third-order valence-corrected chi connectivity index (χ3v) is 2.35. The third kappa shape index (κ3) is 5.17. The fourth-order valence-corrected chi connectivity index (χ4v) is 1.43. The Hall–Kier alpha value is -1.61. The Morgan fingerprint density at radius 2 is 2.05 bits per heavy atom. The molecule has 0 heterocycles. The molecule has 1 N–H and O–H groups in total. The molecule has 0 saturated carbocycles. The van der Waals surface area contributed by atoms with Crippen LogP contribution in [0.2, 0.25) is 5.02 Å². The van der Waals surface area contributed by atoms with E-state index < -0.39 is 34.2 Å². The van der Waals surface area contributed by atoms with E-state index in [1.807, 2.05) is 0 Å². The van der Waals surface area contributed by atoms with Gasteiger partial charge in [-0.25, -0.2) is 4.39 Å². The summed E-state index contributed by atoms with van der Waals surface area (Å²) in [7, 11) is 0. The molecule has 0 aliphatic rings. The Bertz CT molecular complexity index is 496. The van der Waals surface area contributed by atoms with Gasteiger partial charge in [-0.05, 0) is 0 Å². The van der Waals surface area contributed by atoms with Crippen molar-refractivity contribution in [3.8, 4) is 0 Å². The first-order valence-electron chi connectivity index (χ1n) is 5.22. The van der Waals surface area contributed by atoms with Crippen LogP contribution in [0, 0.1) is 15.9 Å². The highest BCUT2D eigenvalue weighted by Crippen LogP contribution is 2.30. The predicted molar refractivity (Wildman–Crippen MR) is 63.4 cm³/mol. The van der Waals surface area contributed by atoms with Crippen molar-refractivity contribution in [2.45, 2.75) is 6.18 Å². The number of nitro groups is 1. The van der Waals surface area contributed by atoms with Gasteiger partial charge >= 0.3 is 6.18 Å². The first-order chi connectivity index (χ1) is 9.20. The van der Waals surface area contributed by atoms with E-state index in [2.05, 4.69) is 10.1 Å². The molecule has 20 heavy (non-hydrogen) atoms. The molecule has 0 radical (unpaired) electrons. The maximum Gasteiger partial charge on any atom is 0.411 e. The topological polar surface area (TPSA) is 64.4 Å². The van der Waals surface area contributed by atoms with Gasteiger partial charge in [-0.1, -0.05) is 11.6 Å². The minimum Gasteiger partial charge on any atom is -0.377 e. The third-order valence-electron chi connectivity index (χ3n) is 2.06. The van der Waals surface area contributed by atoms with Crippen LogP contribution < -0.4 is 5.32 Å². The molecule has 0 aliphatic heterocycles. The summed E-state index contributed by atoms with van der Waals surface area (Å²) in [6, 6.07) is 1.61. The number of hydrogen-bond acceptors (Lipinski definition) is 4. The van der Waals surface area contributed by atoms with Gasteiger partial charge in [0.25, 0.3) is 5.69 Å². The normalized spacial score (nSPS) is 11.4. The average molecular weight is 317 g/mol. The summed E-state index contributed by atoms with van der Waals surface area (Å²) in [5.74, 6) is -0.879. The number of nitrogens with zero attached hydrogens (tertiary/aromatic N) is 1. The van der Waals surface area contributed by atoms with Gasteiger partial charge in [0.15, 0.2) is 0 Å². The number of alkyl halides is 3. The standard InChI is InChI=1S/C10H9ClF4N2O3/c11-6-3-9(17(18)19)8(4-7(6)12)16-1-2-20-5-10(13,14)15/h3-4,16H,1-2,5H2. The molecule has 0 spiro atoms. The number of benzene rings is 1. The lowest BCUT2D eigenvalue weighted by atomic mass is 10.2. The molecule has 0 atom stereocenters. The lowest BCUT2D eigenvalue weighted by Gasteiger charge is -2.10. The summed E-state index contributed by atoms with van der Waals surface area (Å²) in [6.45, 7) is -1.93. The van der Waals surface area contributed by atoms with Crippen LogP contribution in [0.15, 0.2) is 12.1 Å². The molecule has 1 aromatic carbocycles. The molecular weight excluding hydrogens is 308 g/mol. The van der Waals surface area contributed by atoms with Gasteiger partial charge in [0, 0.05) is 18.7 Å². The lowest BCUT2D eigenvalue weighted by Crippen LogP contribution is -2.20. The smallest absolute Gasteiger partial charge is 0.377 e. The first-order valence-corrected chi connectivity index (χ1v) is 5.60. The molecule has 0 saturated heterocycles. The Morgan fingerprint density at radius 1 is 1.40 bits per heavy atom. The second-order valence-electron chi connectivity index (χ2n) is 3.64. The fraction of sp³-hybridized carbons (Fsp3) is 0.400. The summed E-state index contributed by atoms with van der Waals surface area (Å²) < 4.78 is 52.8. The summed E-state index contributed by atoms with van der Waals surface area (Å²) >= 11 is 5.41. The zero-order chi connectivity index (χ0) is 15.3. The van der Waals surface area contributed by atoms with Crippen LogP contribution in [0.5, 0.6) is 0 Å². The van der Waals surface area contributed by atoms with Crippen LogP contribution in [0.1, 0.15) is 0 Å². The number of hydrogen-bond donors (Lipinski definition) is 1. The quantitative estimate of drug-likeness (QED) is 0.378. The van der Waals surface area contributed by atoms with Gasteiger partial charge in [0.1, 0.15) is 18.1 Å². The summed E-state index contributed by atoms with van der Waals surface area (Å²) in [5, 5.41) is 12.7. The molecule has 112 valence electrons. The Balaban J connectivity index is 2.59. The Kier molecular flexibility index (Phi) is 5.52. The van der Waals surface area contributed by atoms with Crippen LogP contribution in [0.3, 0.4) is 0 Å². The molecule has 0 unspecified atom stereocenters. The van der Waals surface area contributed by atoms with E-state index in [-0.39, 0.29) is 18.8 Å². The van der Waals surface area contributed by atoms with Gasteiger partial charge in [0.2, 0.25) is 0 Å². The van der Waals surface area contributed by atoms with Crippen molar-refractivity contribution >= 4 is 23.0 Å². The number of nitrogens with one attached hydrogen (secondary N) is 1. The summed E-state index contributed by atoms with van der Waals surface area (Å²) in [5.41, 5.74) is -0.667. The van der Waals surface area contributed by atoms with Crippen molar-refractivity contribution in [2.24, 2.45) is 0 Å². The summed E-state index contributed by atoms with van der Waals surface area (Å²) in [6.07, 6.45) is -4.45. The number of halogens is 5. The van der Waals surface area contributed by atoms with Crippen LogP contribution in [0.4, 0.5) is 28.9 Å². The van der Waals surface area contributed by atoms with E-state index in [0.29, 0.717) is 0 Å². The van der Waals surface area contributed by atoms with Gasteiger partial charge < -0.3 is 10.1 Å². The van der Waals surface area contributed by atoms with E-state index in [1.165, 1.54) is 0 Å². The van der Waals surface area contributed by atoms with Crippen LogP contribution in [-0.4, -0.2) is 30.9 Å². The van der Waals surface area contributed by atoms with E-state index in [4.69, 9.17) is 11.6 Å². The molecule has 0 aliphatic carbocycles. The zero-order valence-electron chi connectivity index (χ0n) is 9.84. The maximum absolute atomic E-state index is 13.2. The van der Waals surface area contributed by atoms with Gasteiger partial charge in [-0.2, -0.15) is 13.2 Å². The van der Waals surface area contributed by atoms with Gasteiger partial charge in [-0.3, -0.25) is 10.1 Å². The van der Waals surface area contributed by atoms with Crippen LogP contribution in [-0.2, 0) is 4.74 Å². The van der Waals surface area contributed by atoms with Crippen molar-refractivity contribution in [1.29, 1.82) is 0 Å². The zero-order valence-corrected chi connectivity index (χ0v) is 10.6. The van der Waals surface area contributed by atoms with Crippen molar-refractivity contribution in [3.63, 3.8) is 0 Å². The van der Waals surface area contributed by atoms with E-state index in [9.17, 15) is 27.7 Å². The molecule has 0 amide bonds. The number of ether oxygens (including phenoxy) is 1. The number of anilines is 1. The van der Waals surface area contributed by atoms with E-state index >= 15 is 0 Å². The van der Waals surface area contributed by atoms with Crippen molar-refractivity contribution in [3.05, 3.63) is 33.1 Å². The Morgan fingerprint density at radius 3 is 2.60 bits per heavy atom. The lowest BCUT2D eigenvalue weighted by molar-refractivity contribution is -0.384. The van der Waals surface area contributed by atoms with Gasteiger partial charge in [-0.15, -0.1) is 0 Å². The number of nitro benzene ring substituents is 1. The van der Waals surface area contributed by atoms with Crippen LogP contribution >= 0.6 is 11.6 Å². The van der Waals surface area contributed by atoms with Crippen molar-refractivity contribution in [2.75, 3.05) is 25.1 Å². The molecule has 0 bridgehead atoms. The van der Waals surface area contributed by atoms with Gasteiger partial charge in [0.05, 0.1) is 16.6 Å². The maximum atomic E-state index is 13.2. The minimum absolute atomic E-state index is 0.155. The minimum atomic E-state index is -4.45. The SMILES string of the molecule is O=[N+]([O-])c1cc(Cl)c(F)cc1NCCOCC(F)(F)F. The largest absolute Gasteiger partial charge is 0.411 e. The second kappa shape index (κ2) is 6.71. The van der Waals surface area contributed by atoms with Crippen LogP contribution in [0.25, 0.3) is 0 Å². The van der Waals surface area contributed by atoms with E-state index in [1.54, 1.807) is 0 Å². The van der Waals surface area contributed by atoms with Crippen molar-refractivity contribution < 1.29 is 27.2 Å². The average Bonchev–Trinajstić information content (AvgIpc) is 2.31.